The Morgan fingerprint density at radius 1 is 0.707 bits per heavy atom. The van der Waals surface area contributed by atoms with Gasteiger partial charge in [-0.05, 0) is 61.9 Å². The van der Waals surface area contributed by atoms with Crippen molar-refractivity contribution < 1.29 is 66.9 Å². The van der Waals surface area contributed by atoms with Gasteiger partial charge in [-0.1, -0.05) is 25.6 Å². The van der Waals surface area contributed by atoms with E-state index in [0.29, 0.717) is 5.56 Å². The van der Waals surface area contributed by atoms with Crippen molar-refractivity contribution in [3.63, 3.8) is 0 Å². The van der Waals surface area contributed by atoms with Crippen LogP contribution < -0.4 is 28.4 Å². The van der Waals surface area contributed by atoms with Gasteiger partial charge in [-0.2, -0.15) is 46.3 Å². The highest BCUT2D eigenvalue weighted by molar-refractivity contribution is 9.11. The molecule has 0 saturated carbocycles. The van der Waals surface area contributed by atoms with E-state index in [4.69, 9.17) is 18.9 Å². The van der Waals surface area contributed by atoms with Gasteiger partial charge in [0, 0.05) is 8.95 Å². The van der Waals surface area contributed by atoms with Crippen molar-refractivity contribution in [2.24, 2.45) is 0 Å². The highest BCUT2D eigenvalue weighted by Gasteiger charge is 2.37. The summed E-state index contributed by atoms with van der Waals surface area (Å²) in [6.07, 6.45) is -8.11. The van der Waals surface area contributed by atoms with Crippen molar-refractivity contribution in [2.45, 2.75) is 25.0 Å². The fraction of sp³-hybridized carbons (Fsp3) is 0.344. The van der Waals surface area contributed by atoms with Crippen molar-refractivity contribution in [3.8, 4) is 23.5 Å². The lowest BCUT2D eigenvalue weighted by Gasteiger charge is -2.21. The Balaban J connectivity index is 0.000000394. The molecular weight excluding hydrogens is 982 g/mol. The number of nitrogens with zero attached hydrogens (tertiary/aromatic N) is 4. The number of nitrogens with one attached hydrogen (secondary N) is 2. The van der Waals surface area contributed by atoms with Gasteiger partial charge in [0.05, 0.1) is 62.8 Å². The van der Waals surface area contributed by atoms with E-state index in [0.717, 1.165) is 0 Å². The molecule has 320 valence electrons. The quantitative estimate of drug-likeness (QED) is 0.0880. The number of hydrogen-bond acceptors (Lipinski definition) is 14. The summed E-state index contributed by atoms with van der Waals surface area (Å²) in [5.74, 6) is -4.68. The van der Waals surface area contributed by atoms with Gasteiger partial charge in [-0.15, -0.1) is 11.8 Å². The number of sulfonamides is 2. The minimum absolute atomic E-state index is 0. The number of para-hydroxylation sites is 2. The summed E-state index contributed by atoms with van der Waals surface area (Å²) in [6, 6.07) is 11.5. The monoisotopic (exact) mass is 1010 g/mol. The number of ether oxygens (including phenoxy) is 4. The molecule has 2 aromatic heterocycles. The van der Waals surface area contributed by atoms with Crippen LogP contribution in [0.25, 0.3) is 0 Å². The van der Waals surface area contributed by atoms with Crippen LogP contribution in [-0.2, 0) is 20.0 Å². The summed E-state index contributed by atoms with van der Waals surface area (Å²) < 4.78 is 147. The maximum Gasteiger partial charge on any atom is 0.404 e. The normalized spacial score (nSPS) is 12.2. The molecule has 4 rings (SSSR count). The third-order valence-corrected chi connectivity index (χ3v) is 11.4. The number of benzene rings is 2. The van der Waals surface area contributed by atoms with Crippen LogP contribution in [0.5, 0.6) is 23.5 Å². The van der Waals surface area contributed by atoms with Crippen molar-refractivity contribution in [2.75, 3.05) is 55.6 Å². The minimum Gasteiger partial charge on any atom is -0.481 e. The van der Waals surface area contributed by atoms with Crippen LogP contribution in [0.1, 0.15) is 40.2 Å². The van der Waals surface area contributed by atoms with Crippen LogP contribution in [-0.4, -0.2) is 101 Å². The maximum atomic E-state index is 12.8. The first kappa shape index (κ1) is 50.0. The number of carbonyl (C=O) groups excluding carboxylic acids is 1. The van der Waals surface area contributed by atoms with Crippen LogP contribution >= 0.6 is 43.6 Å². The number of methoxy groups -OCH3 is 4. The molecule has 1 unspecified atom stereocenters. The summed E-state index contributed by atoms with van der Waals surface area (Å²) in [5, 5.41) is -0.625. The molecule has 15 nitrogen and oxygen atoms in total. The molecular formula is C32H34Br2F6N6O9S3. The van der Waals surface area contributed by atoms with E-state index in [2.05, 4.69) is 51.8 Å². The summed E-state index contributed by atoms with van der Waals surface area (Å²) in [4.78, 5) is 29.1. The fourth-order valence-electron chi connectivity index (χ4n) is 4.45. The molecule has 0 aliphatic heterocycles. The van der Waals surface area contributed by atoms with Crippen LogP contribution in [0, 0.1) is 0 Å². The first-order valence-electron chi connectivity index (χ1n) is 15.2. The molecule has 0 radical (unpaired) electrons. The molecule has 0 amide bonds. The second kappa shape index (κ2) is 20.7. The smallest absolute Gasteiger partial charge is 0.404 e. The molecule has 0 saturated heterocycles. The minimum atomic E-state index is -4.96. The van der Waals surface area contributed by atoms with E-state index in [9.17, 15) is 48.0 Å². The first-order chi connectivity index (χ1) is 26.4. The van der Waals surface area contributed by atoms with Gasteiger partial charge in [0.25, 0.3) is 0 Å². The predicted octanol–water partition coefficient (Wildman–Crippen LogP) is 7.44. The van der Waals surface area contributed by atoms with E-state index >= 15 is 0 Å². The Labute approximate surface area is 350 Å². The highest BCUT2D eigenvalue weighted by Crippen LogP contribution is 2.41. The molecule has 2 N–H and O–H groups in total. The highest BCUT2D eigenvalue weighted by atomic mass is 79.9. The van der Waals surface area contributed by atoms with E-state index in [1.165, 1.54) is 76.6 Å². The molecule has 0 aliphatic rings. The fourth-order valence-corrected chi connectivity index (χ4v) is 8.50. The number of alkyl halides is 6. The second-order valence-corrected chi connectivity index (χ2v) is 16.9. The van der Waals surface area contributed by atoms with E-state index in [1.807, 2.05) is 4.72 Å². The Morgan fingerprint density at radius 3 is 1.52 bits per heavy atom. The van der Waals surface area contributed by atoms with Gasteiger partial charge in [0.15, 0.2) is 17.3 Å². The number of ketones is 1. The van der Waals surface area contributed by atoms with Crippen LogP contribution in [0.2, 0.25) is 0 Å². The Morgan fingerprint density at radius 2 is 1.10 bits per heavy atom. The van der Waals surface area contributed by atoms with Crippen molar-refractivity contribution in [1.29, 1.82) is 0 Å². The van der Waals surface area contributed by atoms with Crippen LogP contribution in [0.15, 0.2) is 57.5 Å². The van der Waals surface area contributed by atoms with E-state index < -0.39 is 60.8 Å². The molecule has 2 aromatic carbocycles. The molecule has 26 heteroatoms. The van der Waals surface area contributed by atoms with Crippen molar-refractivity contribution in [3.05, 3.63) is 80.3 Å². The standard InChI is InChI=1S/C16H17BrF3N3O4S2.C15H13BrF3N3O5S.CH4/c1-26-11-7-12(27-2)22-15(21-11)14(28-3)9-5-4-6-10(17)13(9)23-29(24,25)8-16(18,19)20;1-26-10-6-11(27-2)21-14(20-10)13(23)8-4-3-5-9(16)12(8)22-28(24,25)7-15(17,18)19;/h4-7,14,23H,8H2,1-3H3;3-6,22H,7H2,1-2H3;1H4. The Kier molecular flexibility index (Phi) is 17.9. The molecule has 4 aromatic rings. The zero-order valence-corrected chi connectivity index (χ0v) is 35.4. The molecule has 1 atom stereocenters. The molecule has 0 fully saturated rings. The summed E-state index contributed by atoms with van der Waals surface area (Å²) in [5.41, 5.74) is -0.299. The lowest BCUT2D eigenvalue weighted by molar-refractivity contribution is -0.107. The summed E-state index contributed by atoms with van der Waals surface area (Å²) in [7, 11) is -4.10. The topological polar surface area (TPSA) is 198 Å². The van der Waals surface area contributed by atoms with E-state index in [1.54, 1.807) is 23.1 Å². The molecule has 0 spiro atoms. The maximum absolute atomic E-state index is 12.8. The van der Waals surface area contributed by atoms with Crippen LogP contribution in [0.3, 0.4) is 0 Å². The van der Waals surface area contributed by atoms with Gasteiger partial charge in [0.1, 0.15) is 0 Å². The predicted molar refractivity (Wildman–Crippen MR) is 211 cm³/mol. The Bertz CT molecular complexity index is 2250. The van der Waals surface area contributed by atoms with Crippen molar-refractivity contribution in [1.82, 2.24) is 19.9 Å². The lowest BCUT2D eigenvalue weighted by Crippen LogP contribution is -2.28. The number of thioether (sulfide) groups is 1. The number of anilines is 2. The number of carbonyl (C=O) groups is 1. The van der Waals surface area contributed by atoms with Crippen molar-refractivity contribution >= 4 is 80.8 Å². The Hall–Kier alpha value is -4.14. The average Bonchev–Trinajstić information content (AvgIpc) is 3.11. The number of rotatable bonds is 15. The third kappa shape index (κ3) is 14.6. The summed E-state index contributed by atoms with van der Waals surface area (Å²) >= 11 is 7.49. The van der Waals surface area contributed by atoms with Gasteiger partial charge < -0.3 is 18.9 Å². The second-order valence-electron chi connectivity index (χ2n) is 10.9. The van der Waals surface area contributed by atoms with Gasteiger partial charge in [-0.25, -0.2) is 16.8 Å². The number of hydrogen-bond donors (Lipinski definition) is 2. The molecule has 2 heterocycles. The largest absolute Gasteiger partial charge is 0.481 e. The molecule has 0 aliphatic carbocycles. The van der Waals surface area contributed by atoms with Gasteiger partial charge in [0.2, 0.25) is 55.2 Å². The van der Waals surface area contributed by atoms with Gasteiger partial charge >= 0.3 is 12.4 Å². The average molecular weight is 1020 g/mol. The summed E-state index contributed by atoms with van der Waals surface area (Å²) in [6.45, 7) is 0. The van der Waals surface area contributed by atoms with Crippen LogP contribution in [0.4, 0.5) is 37.7 Å². The zero-order chi connectivity index (χ0) is 42.9. The third-order valence-electron chi connectivity index (χ3n) is 6.69. The van der Waals surface area contributed by atoms with Gasteiger partial charge in [-0.3, -0.25) is 14.2 Å². The molecule has 0 bridgehead atoms. The SMILES string of the molecule is C.COc1cc(OC)nc(C(=O)c2cccc(Br)c2NS(=O)(=O)CC(F)(F)F)n1.COc1cc(OC)nc(C(SC)c2cccc(Br)c2NS(=O)(=O)CC(F)(F)F)n1. The zero-order valence-electron chi connectivity index (χ0n) is 29.8. The number of aromatic nitrogens is 4. The lowest BCUT2D eigenvalue weighted by atomic mass is 10.1. The molecule has 58 heavy (non-hydrogen) atoms. The number of halogens is 8. The van der Waals surface area contributed by atoms with E-state index in [-0.39, 0.29) is 62.7 Å². The first-order valence-corrected chi connectivity index (χ1v) is 21.4.